The molecule has 3 heterocycles. The Bertz CT molecular complexity index is 581. The number of rotatable bonds is 5. The lowest BCUT2D eigenvalue weighted by Gasteiger charge is -2.47. The summed E-state index contributed by atoms with van der Waals surface area (Å²) in [6, 6.07) is 0. The van der Waals surface area contributed by atoms with Crippen molar-refractivity contribution in [1.82, 2.24) is 0 Å². The van der Waals surface area contributed by atoms with Crippen LogP contribution in [0, 0.1) is 0 Å². The number of aliphatic hydroxyl groups excluding tert-OH is 9. The van der Waals surface area contributed by atoms with Gasteiger partial charge in [-0.05, 0) is 6.92 Å². The fourth-order valence-corrected chi connectivity index (χ4v) is 3.69. The van der Waals surface area contributed by atoms with Gasteiger partial charge in [0, 0.05) is 0 Å². The quantitative estimate of drug-likeness (QED) is 0.187. The Kier molecular flexibility index (Phi) is 8.21. The molecule has 0 unspecified atom stereocenters. The summed E-state index contributed by atoms with van der Waals surface area (Å²) < 4.78 is 26.6. The Labute approximate surface area is 176 Å². The van der Waals surface area contributed by atoms with Gasteiger partial charge in [-0.15, -0.1) is 0 Å². The summed E-state index contributed by atoms with van der Waals surface area (Å²) >= 11 is 0. The van der Waals surface area contributed by atoms with Crippen molar-refractivity contribution >= 4 is 0 Å². The van der Waals surface area contributed by atoms with Gasteiger partial charge < -0.3 is 69.6 Å². The van der Waals surface area contributed by atoms with Crippen molar-refractivity contribution in [2.75, 3.05) is 13.2 Å². The summed E-state index contributed by atoms with van der Waals surface area (Å²) in [4.78, 5) is 0. The number of hydrogen-bond acceptors (Lipinski definition) is 14. The zero-order valence-electron chi connectivity index (χ0n) is 16.6. The lowest BCUT2D eigenvalue weighted by molar-refractivity contribution is -0.381. The molecule has 3 saturated heterocycles. The second-order valence-electron chi connectivity index (χ2n) is 7.87. The van der Waals surface area contributed by atoms with Crippen molar-refractivity contribution in [1.29, 1.82) is 0 Å². The molecule has 3 fully saturated rings. The molecule has 31 heavy (non-hydrogen) atoms. The average Bonchev–Trinajstić information content (AvgIpc) is 2.74. The van der Waals surface area contributed by atoms with E-state index in [1.807, 2.05) is 0 Å². The molecule has 3 aliphatic rings. The molecule has 14 atom stereocenters. The van der Waals surface area contributed by atoms with Crippen LogP contribution >= 0.6 is 0 Å². The van der Waals surface area contributed by atoms with Crippen molar-refractivity contribution < 1.29 is 69.6 Å². The van der Waals surface area contributed by atoms with E-state index in [-0.39, 0.29) is 0 Å². The third kappa shape index (κ3) is 5.02. The summed E-state index contributed by atoms with van der Waals surface area (Å²) in [5.74, 6) is 0. The van der Waals surface area contributed by atoms with Crippen molar-refractivity contribution in [3.8, 4) is 0 Å². The smallest absolute Gasteiger partial charge is 0.187 e. The first-order valence-corrected chi connectivity index (χ1v) is 9.85. The maximum atomic E-state index is 10.6. The Hall–Kier alpha value is -0.560. The maximum Gasteiger partial charge on any atom is 0.187 e. The van der Waals surface area contributed by atoms with Crippen LogP contribution in [0.15, 0.2) is 0 Å². The van der Waals surface area contributed by atoms with E-state index in [2.05, 4.69) is 0 Å². The van der Waals surface area contributed by atoms with Gasteiger partial charge in [-0.2, -0.15) is 0 Å². The number of ether oxygens (including phenoxy) is 5. The van der Waals surface area contributed by atoms with E-state index in [1.54, 1.807) is 0 Å². The minimum absolute atomic E-state index is 0.397. The Morgan fingerprint density at radius 1 is 0.710 bits per heavy atom. The fourth-order valence-electron chi connectivity index (χ4n) is 3.69. The van der Waals surface area contributed by atoms with Crippen LogP contribution in [-0.4, -0.2) is 145 Å². The molecule has 0 radical (unpaired) electrons. The Morgan fingerprint density at radius 2 is 1.32 bits per heavy atom. The van der Waals surface area contributed by atoms with E-state index < -0.39 is 99.2 Å². The molecular formula is C17H30O14. The third-order valence-corrected chi connectivity index (χ3v) is 5.66. The lowest BCUT2D eigenvalue weighted by atomic mass is 9.97. The minimum atomic E-state index is -1.82. The van der Waals surface area contributed by atoms with E-state index in [0.29, 0.717) is 0 Å². The normalized spacial score (nSPS) is 54.0. The van der Waals surface area contributed by atoms with Gasteiger partial charge in [-0.25, -0.2) is 0 Å². The van der Waals surface area contributed by atoms with Crippen molar-refractivity contribution in [3.63, 3.8) is 0 Å². The molecule has 3 aliphatic heterocycles. The summed E-state index contributed by atoms with van der Waals surface area (Å²) in [7, 11) is 0. The summed E-state index contributed by atoms with van der Waals surface area (Å²) in [5, 5.41) is 89.8. The predicted octanol–water partition coefficient (Wildman–Crippen LogP) is -5.91. The molecule has 14 nitrogen and oxygen atoms in total. The first-order chi connectivity index (χ1) is 14.6. The van der Waals surface area contributed by atoms with E-state index in [9.17, 15) is 46.0 Å². The van der Waals surface area contributed by atoms with E-state index in [1.165, 1.54) is 6.92 Å². The monoisotopic (exact) mass is 458 g/mol. The molecule has 14 heteroatoms. The third-order valence-electron chi connectivity index (χ3n) is 5.66. The summed E-state index contributed by atoms with van der Waals surface area (Å²) in [6.45, 7) is 0.296. The standard InChI is InChI=1S/C17H30O14/c1-4-7(20)10(23)12(25)17(28-4)31-14-13(9(22)6(2-18)29-15(14)26)30-16-11(24)8(21)5(19)3-27-16/h4-26H,2-3H2,1H3/t4-,5-,6+,7-,8-,9+,10+,11+,12+,13-,14+,15+,16-,17-/m0/s1. The molecule has 0 aliphatic carbocycles. The Balaban J connectivity index is 1.79. The highest BCUT2D eigenvalue weighted by atomic mass is 16.8. The number of aliphatic hydroxyl groups is 9. The lowest BCUT2D eigenvalue weighted by Crippen LogP contribution is -2.65. The molecule has 0 bridgehead atoms. The maximum absolute atomic E-state index is 10.6. The first kappa shape index (κ1) is 25.1. The van der Waals surface area contributed by atoms with Gasteiger partial charge in [0.05, 0.1) is 19.3 Å². The zero-order valence-corrected chi connectivity index (χ0v) is 16.6. The molecule has 0 aromatic rings. The first-order valence-electron chi connectivity index (χ1n) is 9.85. The molecule has 3 rings (SSSR count). The van der Waals surface area contributed by atoms with Crippen molar-refractivity contribution in [2.45, 2.75) is 92.9 Å². The molecule has 0 saturated carbocycles. The number of hydrogen-bond donors (Lipinski definition) is 9. The molecule has 0 aromatic carbocycles. The van der Waals surface area contributed by atoms with E-state index in [4.69, 9.17) is 23.7 Å². The van der Waals surface area contributed by atoms with Gasteiger partial charge in [0.15, 0.2) is 18.9 Å². The van der Waals surface area contributed by atoms with Crippen LogP contribution in [0.4, 0.5) is 0 Å². The van der Waals surface area contributed by atoms with E-state index >= 15 is 0 Å². The van der Waals surface area contributed by atoms with Crippen LogP contribution in [0.5, 0.6) is 0 Å². The molecular weight excluding hydrogens is 428 g/mol. The average molecular weight is 458 g/mol. The van der Waals surface area contributed by atoms with Crippen LogP contribution in [0.1, 0.15) is 6.92 Å². The highest BCUT2D eigenvalue weighted by Gasteiger charge is 2.52. The van der Waals surface area contributed by atoms with Crippen LogP contribution in [0.3, 0.4) is 0 Å². The second kappa shape index (κ2) is 10.1. The molecule has 182 valence electrons. The second-order valence-corrected chi connectivity index (χ2v) is 7.87. The highest BCUT2D eigenvalue weighted by Crippen LogP contribution is 2.31. The predicted molar refractivity (Wildman–Crippen MR) is 93.8 cm³/mol. The van der Waals surface area contributed by atoms with Crippen LogP contribution in [0.25, 0.3) is 0 Å². The topological polar surface area (TPSA) is 228 Å². The SMILES string of the molecule is C[C@@H]1O[C@@H](O[C@@H]2[C@@H](O[C@@H]3OC[C@H](O)[C@H](O)[C@H]3O)[C@H](O)[C@@H](CO)O[C@H]2O)[C@H](O)[C@H](O)[C@H]1O. The summed E-state index contributed by atoms with van der Waals surface area (Å²) in [6.07, 6.45) is -21.5. The van der Waals surface area contributed by atoms with Crippen molar-refractivity contribution in [3.05, 3.63) is 0 Å². The van der Waals surface area contributed by atoms with Gasteiger partial charge in [0.2, 0.25) is 0 Å². The summed E-state index contributed by atoms with van der Waals surface area (Å²) in [5.41, 5.74) is 0. The molecule has 0 spiro atoms. The highest BCUT2D eigenvalue weighted by molar-refractivity contribution is 4.95. The Morgan fingerprint density at radius 3 is 1.97 bits per heavy atom. The van der Waals surface area contributed by atoms with Crippen molar-refractivity contribution in [2.24, 2.45) is 0 Å². The van der Waals surface area contributed by atoms with Crippen LogP contribution in [0.2, 0.25) is 0 Å². The van der Waals surface area contributed by atoms with Gasteiger partial charge in [0.1, 0.15) is 61.0 Å². The zero-order chi connectivity index (χ0) is 23.0. The van der Waals surface area contributed by atoms with Gasteiger partial charge in [-0.1, -0.05) is 0 Å². The largest absolute Gasteiger partial charge is 0.394 e. The van der Waals surface area contributed by atoms with Crippen LogP contribution < -0.4 is 0 Å². The van der Waals surface area contributed by atoms with Gasteiger partial charge in [0.25, 0.3) is 0 Å². The molecule has 9 N–H and O–H groups in total. The van der Waals surface area contributed by atoms with Gasteiger partial charge in [-0.3, -0.25) is 0 Å². The molecule has 0 amide bonds. The van der Waals surface area contributed by atoms with E-state index in [0.717, 1.165) is 0 Å². The fraction of sp³-hybridized carbons (Fsp3) is 1.00. The minimum Gasteiger partial charge on any atom is -0.394 e. The van der Waals surface area contributed by atoms with Crippen LogP contribution in [-0.2, 0) is 23.7 Å². The molecule has 0 aromatic heterocycles. The van der Waals surface area contributed by atoms with Gasteiger partial charge >= 0.3 is 0 Å².